The maximum Gasteiger partial charge on any atom is 0.125 e. The van der Waals surface area contributed by atoms with Crippen LogP contribution in [0.4, 0.5) is 5.82 Å². The number of aliphatic imine (C=N–C) groups is 1. The van der Waals surface area contributed by atoms with Gasteiger partial charge in [-0.15, -0.1) is 0 Å². The van der Waals surface area contributed by atoms with Crippen LogP contribution in [0.15, 0.2) is 29.4 Å². The van der Waals surface area contributed by atoms with Gasteiger partial charge in [0.1, 0.15) is 5.82 Å². The number of rotatable bonds is 5. The second-order valence-corrected chi connectivity index (χ2v) is 3.50. The van der Waals surface area contributed by atoms with Crippen LogP contribution in [-0.2, 0) is 0 Å². The third kappa shape index (κ3) is 3.23. The second-order valence-electron chi connectivity index (χ2n) is 3.50. The van der Waals surface area contributed by atoms with Crippen molar-refractivity contribution >= 4 is 11.7 Å². The maximum atomic E-state index is 4.34. The summed E-state index contributed by atoms with van der Waals surface area (Å²) >= 11 is 0. The minimum Gasteiger partial charge on any atom is -0.372 e. The van der Waals surface area contributed by atoms with Crippen LogP contribution in [0.5, 0.6) is 0 Å². The molecule has 0 radical (unpaired) electrons. The van der Waals surface area contributed by atoms with Crippen molar-refractivity contribution in [1.29, 1.82) is 0 Å². The fourth-order valence-corrected chi connectivity index (χ4v) is 1.55. The topological polar surface area (TPSA) is 49.3 Å². The lowest BCUT2D eigenvalue weighted by molar-refractivity contribution is 0.879. The predicted molar refractivity (Wildman–Crippen MR) is 62.3 cm³/mol. The molecule has 4 nitrogen and oxygen atoms in total. The molecule has 2 rings (SSSR count). The van der Waals surface area contributed by atoms with Crippen LogP contribution in [0.1, 0.15) is 12.8 Å². The van der Waals surface area contributed by atoms with E-state index in [2.05, 4.69) is 20.6 Å². The molecule has 1 aromatic rings. The average molecular weight is 204 g/mol. The van der Waals surface area contributed by atoms with Gasteiger partial charge in [0, 0.05) is 25.7 Å². The summed E-state index contributed by atoms with van der Waals surface area (Å²) in [6, 6.07) is 5.88. The van der Waals surface area contributed by atoms with Gasteiger partial charge < -0.3 is 10.6 Å². The molecule has 0 amide bonds. The Morgan fingerprint density at radius 2 is 2.40 bits per heavy atom. The largest absolute Gasteiger partial charge is 0.372 e. The third-order valence-electron chi connectivity index (χ3n) is 2.30. The van der Waals surface area contributed by atoms with E-state index in [0.717, 1.165) is 44.1 Å². The Kier molecular flexibility index (Phi) is 3.54. The Morgan fingerprint density at radius 3 is 3.13 bits per heavy atom. The Hall–Kier alpha value is -1.58. The van der Waals surface area contributed by atoms with E-state index in [1.807, 2.05) is 18.2 Å². The van der Waals surface area contributed by atoms with E-state index in [9.17, 15) is 0 Å². The fraction of sp³-hybridized carbons (Fsp3) is 0.455. The molecule has 0 fully saturated rings. The van der Waals surface area contributed by atoms with E-state index < -0.39 is 0 Å². The lowest BCUT2D eigenvalue weighted by Crippen LogP contribution is -2.19. The number of hydrogen-bond acceptors (Lipinski definition) is 4. The van der Waals surface area contributed by atoms with Crippen molar-refractivity contribution in [2.24, 2.45) is 4.99 Å². The quantitative estimate of drug-likeness (QED) is 0.710. The molecule has 1 aromatic heterocycles. The van der Waals surface area contributed by atoms with Crippen LogP contribution in [0, 0.1) is 0 Å². The molecule has 1 aliphatic heterocycles. The van der Waals surface area contributed by atoms with Crippen molar-refractivity contribution in [2.45, 2.75) is 12.8 Å². The summed E-state index contributed by atoms with van der Waals surface area (Å²) in [5, 5.41) is 6.54. The standard InChI is InChI=1S/C11H16N4/c1-2-6-12-10(4-1)13-7-3-5-11-14-8-9-15-11/h1-2,4,6H,3,5,7-9H2,(H,12,13)(H,14,15). The van der Waals surface area contributed by atoms with Crippen molar-refractivity contribution < 1.29 is 0 Å². The number of hydrogen-bond donors (Lipinski definition) is 2. The van der Waals surface area contributed by atoms with E-state index in [-0.39, 0.29) is 0 Å². The first kappa shape index (κ1) is 9.96. The van der Waals surface area contributed by atoms with Gasteiger partial charge in [-0.1, -0.05) is 6.07 Å². The van der Waals surface area contributed by atoms with Gasteiger partial charge in [0.2, 0.25) is 0 Å². The summed E-state index contributed by atoms with van der Waals surface area (Å²) < 4.78 is 0. The van der Waals surface area contributed by atoms with Gasteiger partial charge in [0.25, 0.3) is 0 Å². The zero-order chi connectivity index (χ0) is 10.3. The Labute approximate surface area is 89.8 Å². The smallest absolute Gasteiger partial charge is 0.125 e. The number of nitrogens with zero attached hydrogens (tertiary/aromatic N) is 2. The molecular formula is C11H16N4. The van der Waals surface area contributed by atoms with Crippen LogP contribution in [0.2, 0.25) is 0 Å². The Morgan fingerprint density at radius 1 is 1.40 bits per heavy atom. The third-order valence-corrected chi connectivity index (χ3v) is 2.30. The van der Waals surface area contributed by atoms with Gasteiger partial charge in [0.15, 0.2) is 0 Å². The highest BCUT2D eigenvalue weighted by Gasteiger charge is 2.03. The average Bonchev–Trinajstić information content (AvgIpc) is 2.79. The van der Waals surface area contributed by atoms with E-state index in [1.54, 1.807) is 6.20 Å². The normalized spacial score (nSPS) is 14.5. The molecule has 0 saturated carbocycles. The summed E-state index contributed by atoms with van der Waals surface area (Å²) in [4.78, 5) is 8.53. The lowest BCUT2D eigenvalue weighted by atomic mass is 10.3. The van der Waals surface area contributed by atoms with Crippen molar-refractivity contribution in [3.63, 3.8) is 0 Å². The van der Waals surface area contributed by atoms with Gasteiger partial charge in [-0.05, 0) is 18.6 Å². The lowest BCUT2D eigenvalue weighted by Gasteiger charge is -2.05. The van der Waals surface area contributed by atoms with Gasteiger partial charge in [-0.2, -0.15) is 0 Å². The highest BCUT2D eigenvalue weighted by molar-refractivity contribution is 5.83. The molecule has 0 atom stereocenters. The van der Waals surface area contributed by atoms with Gasteiger partial charge in [-0.25, -0.2) is 4.98 Å². The van der Waals surface area contributed by atoms with Gasteiger partial charge in [0.05, 0.1) is 12.4 Å². The minimum absolute atomic E-state index is 0.934. The molecule has 2 N–H and O–H groups in total. The van der Waals surface area contributed by atoms with E-state index in [1.165, 1.54) is 0 Å². The zero-order valence-corrected chi connectivity index (χ0v) is 8.74. The fourth-order valence-electron chi connectivity index (χ4n) is 1.55. The van der Waals surface area contributed by atoms with E-state index in [4.69, 9.17) is 0 Å². The summed E-state index contributed by atoms with van der Waals surface area (Å²) in [5.74, 6) is 2.09. The van der Waals surface area contributed by atoms with Gasteiger partial charge in [-0.3, -0.25) is 4.99 Å². The summed E-state index contributed by atoms with van der Waals surface area (Å²) in [6.07, 6.45) is 3.91. The summed E-state index contributed by atoms with van der Waals surface area (Å²) in [7, 11) is 0. The highest BCUT2D eigenvalue weighted by atomic mass is 15.1. The molecule has 4 heteroatoms. The van der Waals surface area contributed by atoms with Crippen LogP contribution < -0.4 is 10.6 Å². The van der Waals surface area contributed by atoms with Gasteiger partial charge >= 0.3 is 0 Å². The maximum absolute atomic E-state index is 4.34. The highest BCUT2D eigenvalue weighted by Crippen LogP contribution is 2.01. The summed E-state index contributed by atoms with van der Waals surface area (Å²) in [6.45, 7) is 2.88. The molecule has 2 heterocycles. The first-order valence-corrected chi connectivity index (χ1v) is 5.37. The molecule has 15 heavy (non-hydrogen) atoms. The first-order valence-electron chi connectivity index (χ1n) is 5.37. The molecule has 0 saturated heterocycles. The van der Waals surface area contributed by atoms with E-state index in [0.29, 0.717) is 0 Å². The van der Waals surface area contributed by atoms with Crippen molar-refractivity contribution in [3.8, 4) is 0 Å². The summed E-state index contributed by atoms with van der Waals surface area (Å²) in [5.41, 5.74) is 0. The van der Waals surface area contributed by atoms with Crippen LogP contribution in [-0.4, -0.2) is 30.5 Å². The molecule has 1 aliphatic rings. The van der Waals surface area contributed by atoms with Crippen LogP contribution >= 0.6 is 0 Å². The molecule has 80 valence electrons. The van der Waals surface area contributed by atoms with E-state index >= 15 is 0 Å². The first-order chi connectivity index (χ1) is 7.45. The Bertz CT molecular complexity index is 321. The van der Waals surface area contributed by atoms with Crippen molar-refractivity contribution in [2.75, 3.05) is 25.0 Å². The van der Waals surface area contributed by atoms with Crippen molar-refractivity contribution in [1.82, 2.24) is 10.3 Å². The number of aromatic nitrogens is 1. The molecule has 0 aliphatic carbocycles. The molecule has 0 bridgehead atoms. The number of amidine groups is 1. The number of anilines is 1. The second kappa shape index (κ2) is 5.34. The molecule has 0 spiro atoms. The van der Waals surface area contributed by atoms with Crippen molar-refractivity contribution in [3.05, 3.63) is 24.4 Å². The predicted octanol–water partition coefficient (Wildman–Crippen LogP) is 1.28. The molecular weight excluding hydrogens is 188 g/mol. The van der Waals surface area contributed by atoms with Crippen LogP contribution in [0.3, 0.4) is 0 Å². The monoisotopic (exact) mass is 204 g/mol. The molecule has 0 aromatic carbocycles. The Balaban J connectivity index is 1.63. The van der Waals surface area contributed by atoms with Crippen LogP contribution in [0.25, 0.3) is 0 Å². The SMILES string of the molecule is c1ccc(NCCCC2=NCCN2)nc1. The number of nitrogens with one attached hydrogen (secondary N) is 2. The molecule has 0 unspecified atom stereocenters. The minimum atomic E-state index is 0.934. The zero-order valence-electron chi connectivity index (χ0n) is 8.74. The number of pyridine rings is 1.